The number of hydrogen-bond acceptors (Lipinski definition) is 5. The Bertz CT molecular complexity index is 433. The third-order valence-corrected chi connectivity index (χ3v) is 3.57. The Kier molecular flexibility index (Phi) is 5.25. The third kappa shape index (κ3) is 3.86. The molecule has 0 saturated carbocycles. The van der Waals surface area contributed by atoms with Crippen LogP contribution in [0.5, 0.6) is 0 Å². The molecule has 1 aromatic rings. The van der Waals surface area contributed by atoms with Gasteiger partial charge in [-0.05, 0) is 12.0 Å². The standard InChI is InChI=1S/C15H20O5/c16-11(7-6-10-4-2-1-3-5-10)8-13-15(19)14(18)12(17)9-20-13/h1-5,12-15,17-19H,6-9H2. The number of benzene rings is 1. The minimum Gasteiger partial charge on any atom is -0.388 e. The first-order valence-electron chi connectivity index (χ1n) is 6.79. The molecule has 3 N–H and O–H groups in total. The molecular formula is C15H20O5. The Hall–Kier alpha value is -1.27. The number of rotatable bonds is 5. The molecule has 1 fully saturated rings. The lowest BCUT2D eigenvalue weighted by Gasteiger charge is -2.34. The summed E-state index contributed by atoms with van der Waals surface area (Å²) in [7, 11) is 0. The maximum atomic E-state index is 11.9. The van der Waals surface area contributed by atoms with Crippen molar-refractivity contribution < 1.29 is 24.9 Å². The van der Waals surface area contributed by atoms with Gasteiger partial charge in [-0.25, -0.2) is 0 Å². The van der Waals surface area contributed by atoms with Crippen LogP contribution in [-0.2, 0) is 16.0 Å². The maximum absolute atomic E-state index is 11.9. The zero-order valence-corrected chi connectivity index (χ0v) is 11.2. The summed E-state index contributed by atoms with van der Waals surface area (Å²) < 4.78 is 5.21. The molecule has 1 aliphatic rings. The van der Waals surface area contributed by atoms with E-state index in [4.69, 9.17) is 4.74 Å². The van der Waals surface area contributed by atoms with Crippen molar-refractivity contribution >= 4 is 5.78 Å². The third-order valence-electron chi connectivity index (χ3n) is 3.57. The van der Waals surface area contributed by atoms with Gasteiger partial charge in [0.05, 0.1) is 12.7 Å². The number of ether oxygens (including phenoxy) is 1. The van der Waals surface area contributed by atoms with Crippen molar-refractivity contribution in [3.05, 3.63) is 35.9 Å². The summed E-state index contributed by atoms with van der Waals surface area (Å²) in [5.74, 6) is -0.0264. The molecule has 5 nitrogen and oxygen atoms in total. The molecule has 4 unspecified atom stereocenters. The molecule has 0 bridgehead atoms. The minimum absolute atomic E-state index is 0.0264. The number of carbonyl (C=O) groups excluding carboxylic acids is 1. The fraction of sp³-hybridized carbons (Fsp3) is 0.533. The van der Waals surface area contributed by atoms with E-state index in [9.17, 15) is 20.1 Å². The largest absolute Gasteiger partial charge is 0.388 e. The van der Waals surface area contributed by atoms with Crippen molar-refractivity contribution in [1.82, 2.24) is 0 Å². The predicted octanol–water partition coefficient (Wildman–Crippen LogP) is 0.0599. The van der Waals surface area contributed by atoms with Gasteiger partial charge in [0, 0.05) is 12.8 Å². The van der Waals surface area contributed by atoms with Gasteiger partial charge in [-0.2, -0.15) is 0 Å². The number of hydrogen-bond donors (Lipinski definition) is 3. The number of ketones is 1. The van der Waals surface area contributed by atoms with Crippen molar-refractivity contribution in [1.29, 1.82) is 0 Å². The Labute approximate surface area is 117 Å². The van der Waals surface area contributed by atoms with Crippen molar-refractivity contribution in [3.63, 3.8) is 0 Å². The molecule has 0 spiro atoms. The molecule has 5 heteroatoms. The summed E-state index contributed by atoms with van der Waals surface area (Å²) in [5, 5.41) is 28.6. The molecule has 1 saturated heterocycles. The topological polar surface area (TPSA) is 87.0 Å². The average molecular weight is 280 g/mol. The molecule has 1 heterocycles. The van der Waals surface area contributed by atoms with Gasteiger partial charge in [0.1, 0.15) is 24.1 Å². The van der Waals surface area contributed by atoms with Crippen LogP contribution in [0.3, 0.4) is 0 Å². The van der Waals surface area contributed by atoms with Crippen molar-refractivity contribution in [3.8, 4) is 0 Å². The molecule has 0 aromatic heterocycles. The fourth-order valence-electron chi connectivity index (χ4n) is 2.30. The Morgan fingerprint density at radius 1 is 1.15 bits per heavy atom. The maximum Gasteiger partial charge on any atom is 0.135 e. The first-order valence-corrected chi connectivity index (χ1v) is 6.79. The molecule has 1 aliphatic heterocycles. The zero-order chi connectivity index (χ0) is 14.5. The van der Waals surface area contributed by atoms with Gasteiger partial charge in [-0.3, -0.25) is 4.79 Å². The molecular weight excluding hydrogens is 260 g/mol. The quantitative estimate of drug-likeness (QED) is 0.710. The fourth-order valence-corrected chi connectivity index (χ4v) is 2.30. The molecule has 110 valence electrons. The van der Waals surface area contributed by atoms with Gasteiger partial charge in [0.2, 0.25) is 0 Å². The van der Waals surface area contributed by atoms with Gasteiger partial charge < -0.3 is 20.1 Å². The molecule has 20 heavy (non-hydrogen) atoms. The van der Waals surface area contributed by atoms with Crippen LogP contribution in [0, 0.1) is 0 Å². The van der Waals surface area contributed by atoms with Crippen LogP contribution in [-0.4, -0.2) is 52.1 Å². The van der Waals surface area contributed by atoms with Gasteiger partial charge >= 0.3 is 0 Å². The Morgan fingerprint density at radius 3 is 2.55 bits per heavy atom. The highest BCUT2D eigenvalue weighted by Gasteiger charge is 2.38. The summed E-state index contributed by atoms with van der Waals surface area (Å²) in [5.41, 5.74) is 1.08. The van der Waals surface area contributed by atoms with Gasteiger partial charge in [-0.15, -0.1) is 0 Å². The minimum atomic E-state index is -1.25. The van der Waals surface area contributed by atoms with Gasteiger partial charge in [0.25, 0.3) is 0 Å². The summed E-state index contributed by atoms with van der Waals surface area (Å²) >= 11 is 0. The van der Waals surface area contributed by atoms with E-state index in [2.05, 4.69) is 0 Å². The van der Waals surface area contributed by atoms with Crippen molar-refractivity contribution in [2.24, 2.45) is 0 Å². The zero-order valence-electron chi connectivity index (χ0n) is 11.2. The van der Waals surface area contributed by atoms with Gasteiger partial charge in [-0.1, -0.05) is 30.3 Å². The molecule has 4 atom stereocenters. The second kappa shape index (κ2) is 6.95. The SMILES string of the molecule is O=C(CCc1ccccc1)CC1OCC(O)C(O)C1O. The van der Waals surface area contributed by atoms with E-state index in [-0.39, 0.29) is 18.8 Å². The van der Waals surface area contributed by atoms with Crippen molar-refractivity contribution in [2.75, 3.05) is 6.61 Å². The lowest BCUT2D eigenvalue weighted by atomic mass is 9.95. The van der Waals surface area contributed by atoms with E-state index in [1.807, 2.05) is 30.3 Å². The highest BCUT2D eigenvalue weighted by Crippen LogP contribution is 2.19. The summed E-state index contributed by atoms with van der Waals surface area (Å²) in [6.07, 6.45) is -3.24. The van der Waals surface area contributed by atoms with Crippen LogP contribution < -0.4 is 0 Å². The lowest BCUT2D eigenvalue weighted by molar-refractivity contribution is -0.189. The monoisotopic (exact) mass is 280 g/mol. The summed E-state index contributed by atoms with van der Waals surface area (Å²) in [6, 6.07) is 9.68. The number of aliphatic hydroxyl groups excluding tert-OH is 3. The lowest BCUT2D eigenvalue weighted by Crippen LogP contribution is -2.53. The molecule has 1 aromatic carbocycles. The molecule has 0 radical (unpaired) electrons. The average Bonchev–Trinajstić information content (AvgIpc) is 2.47. The smallest absolute Gasteiger partial charge is 0.135 e. The van der Waals surface area contributed by atoms with E-state index in [1.54, 1.807) is 0 Å². The van der Waals surface area contributed by atoms with Crippen LogP contribution in [0.4, 0.5) is 0 Å². The van der Waals surface area contributed by atoms with Crippen LogP contribution in [0.15, 0.2) is 30.3 Å². The van der Waals surface area contributed by atoms with Crippen LogP contribution in [0.1, 0.15) is 18.4 Å². The van der Waals surface area contributed by atoms with E-state index < -0.39 is 24.4 Å². The second-order valence-corrected chi connectivity index (χ2v) is 5.15. The number of carbonyl (C=O) groups is 1. The van der Waals surface area contributed by atoms with E-state index >= 15 is 0 Å². The first-order chi connectivity index (χ1) is 9.58. The normalized spacial score (nSPS) is 30.1. The van der Waals surface area contributed by atoms with Crippen LogP contribution >= 0.6 is 0 Å². The summed E-state index contributed by atoms with van der Waals surface area (Å²) in [6.45, 7) is -0.0607. The molecule has 0 aliphatic carbocycles. The Morgan fingerprint density at radius 2 is 1.85 bits per heavy atom. The first kappa shape index (κ1) is 15.1. The van der Waals surface area contributed by atoms with Crippen LogP contribution in [0.2, 0.25) is 0 Å². The highest BCUT2D eigenvalue weighted by molar-refractivity contribution is 5.79. The number of aryl methyl sites for hydroxylation is 1. The number of aliphatic hydroxyl groups is 3. The number of Topliss-reactive ketones (excluding diaryl/α,β-unsaturated/α-hetero) is 1. The van der Waals surface area contributed by atoms with E-state index in [0.717, 1.165) is 5.56 Å². The van der Waals surface area contributed by atoms with Crippen LogP contribution in [0.25, 0.3) is 0 Å². The van der Waals surface area contributed by atoms with E-state index in [0.29, 0.717) is 12.8 Å². The van der Waals surface area contributed by atoms with E-state index in [1.165, 1.54) is 0 Å². The predicted molar refractivity (Wildman–Crippen MR) is 72.1 cm³/mol. The van der Waals surface area contributed by atoms with Crippen molar-refractivity contribution in [2.45, 2.75) is 43.7 Å². The second-order valence-electron chi connectivity index (χ2n) is 5.15. The highest BCUT2D eigenvalue weighted by atomic mass is 16.5. The molecule has 2 rings (SSSR count). The molecule has 0 amide bonds. The summed E-state index contributed by atoms with van der Waals surface area (Å²) in [4.78, 5) is 11.9. The van der Waals surface area contributed by atoms with Gasteiger partial charge in [0.15, 0.2) is 0 Å². The Balaban J connectivity index is 1.80.